The van der Waals surface area contributed by atoms with E-state index in [1.165, 1.54) is 12.0 Å². The fraction of sp³-hybridized carbons (Fsp3) is 0.632. The zero-order valence-electron chi connectivity index (χ0n) is 15.2. The first kappa shape index (κ1) is 20.8. The highest BCUT2D eigenvalue weighted by atomic mass is 35.5. The van der Waals surface area contributed by atoms with E-state index in [-0.39, 0.29) is 23.7 Å². The van der Waals surface area contributed by atoms with Crippen molar-refractivity contribution in [3.63, 3.8) is 0 Å². The van der Waals surface area contributed by atoms with Crippen LogP contribution < -0.4 is 15.4 Å². The van der Waals surface area contributed by atoms with Crippen LogP contribution in [0.25, 0.3) is 0 Å². The molecule has 1 aromatic carbocycles. The van der Waals surface area contributed by atoms with Crippen molar-refractivity contribution in [3.8, 4) is 5.75 Å². The molecule has 136 valence electrons. The second-order valence-corrected chi connectivity index (χ2v) is 7.48. The molecule has 0 aromatic heterocycles. The van der Waals surface area contributed by atoms with Crippen molar-refractivity contribution in [2.24, 2.45) is 5.92 Å². The molecule has 2 atom stereocenters. The van der Waals surface area contributed by atoms with Crippen molar-refractivity contribution in [1.82, 2.24) is 10.6 Å². The van der Waals surface area contributed by atoms with Crippen molar-refractivity contribution in [1.29, 1.82) is 0 Å². The van der Waals surface area contributed by atoms with E-state index in [1.54, 1.807) is 6.92 Å². The van der Waals surface area contributed by atoms with Crippen LogP contribution in [0.3, 0.4) is 0 Å². The Kier molecular flexibility index (Phi) is 8.04. The zero-order valence-corrected chi connectivity index (χ0v) is 16.0. The lowest BCUT2D eigenvalue weighted by molar-refractivity contribution is -0.127. The number of hydrogen-bond donors (Lipinski definition) is 2. The largest absolute Gasteiger partial charge is 0.481 e. The Morgan fingerprint density at radius 1 is 1.42 bits per heavy atom. The minimum absolute atomic E-state index is 0. The van der Waals surface area contributed by atoms with Gasteiger partial charge in [0.05, 0.1) is 0 Å². The minimum atomic E-state index is -0.480. The highest BCUT2D eigenvalue weighted by molar-refractivity contribution is 5.85. The first-order valence-electron chi connectivity index (χ1n) is 8.62. The summed E-state index contributed by atoms with van der Waals surface area (Å²) in [6, 6.07) is 8.00. The average molecular weight is 355 g/mol. The summed E-state index contributed by atoms with van der Waals surface area (Å²) >= 11 is 0. The normalized spacial score (nSPS) is 18.6. The molecular formula is C19H31ClN2O2. The van der Waals surface area contributed by atoms with Crippen molar-refractivity contribution in [2.75, 3.05) is 19.6 Å². The molecule has 0 bridgehead atoms. The third-order valence-electron chi connectivity index (χ3n) is 4.40. The fourth-order valence-corrected chi connectivity index (χ4v) is 2.80. The summed E-state index contributed by atoms with van der Waals surface area (Å²) in [4.78, 5) is 12.2. The van der Waals surface area contributed by atoms with Gasteiger partial charge in [-0.2, -0.15) is 0 Å². The summed E-state index contributed by atoms with van der Waals surface area (Å²) in [6.07, 6.45) is 1.76. The van der Waals surface area contributed by atoms with Crippen LogP contribution in [0, 0.1) is 5.92 Å². The number of ether oxygens (including phenoxy) is 1. The minimum Gasteiger partial charge on any atom is -0.481 e. The van der Waals surface area contributed by atoms with Gasteiger partial charge in [-0.05, 0) is 61.9 Å². The molecule has 2 unspecified atom stereocenters. The van der Waals surface area contributed by atoms with Gasteiger partial charge in [0.2, 0.25) is 0 Å². The SMILES string of the molecule is CC(Oc1cccc(C(C)(C)C)c1)C(=O)NCCC1CCNC1.Cl. The standard InChI is InChI=1S/C19H30N2O2.ClH/c1-14(18(22)21-11-9-15-8-10-20-13-15)23-17-7-5-6-16(12-17)19(2,3)4;/h5-7,12,14-15,20H,8-11,13H2,1-4H3,(H,21,22);1H. The van der Waals surface area contributed by atoms with E-state index in [1.807, 2.05) is 18.2 Å². The lowest BCUT2D eigenvalue weighted by Crippen LogP contribution is -2.37. The summed E-state index contributed by atoms with van der Waals surface area (Å²) in [5.41, 5.74) is 1.27. The van der Waals surface area contributed by atoms with Crippen LogP contribution in [0.15, 0.2) is 24.3 Å². The first-order chi connectivity index (χ1) is 10.9. The lowest BCUT2D eigenvalue weighted by Gasteiger charge is -2.21. The second kappa shape index (κ2) is 9.28. The van der Waals surface area contributed by atoms with Crippen molar-refractivity contribution < 1.29 is 9.53 Å². The Morgan fingerprint density at radius 3 is 2.79 bits per heavy atom. The predicted octanol–water partition coefficient (Wildman–Crippen LogP) is 3.29. The summed E-state index contributed by atoms with van der Waals surface area (Å²) in [5, 5.41) is 6.33. The van der Waals surface area contributed by atoms with Gasteiger partial charge in [0.25, 0.3) is 5.91 Å². The van der Waals surface area contributed by atoms with Crippen LogP contribution in [0.4, 0.5) is 0 Å². The van der Waals surface area contributed by atoms with Crippen molar-refractivity contribution in [3.05, 3.63) is 29.8 Å². The van der Waals surface area contributed by atoms with Crippen LogP contribution in [-0.4, -0.2) is 31.6 Å². The average Bonchev–Trinajstić information content (AvgIpc) is 3.00. The molecule has 1 amide bonds. The Hall–Kier alpha value is -1.26. The Morgan fingerprint density at radius 2 is 2.17 bits per heavy atom. The first-order valence-corrected chi connectivity index (χ1v) is 8.62. The smallest absolute Gasteiger partial charge is 0.260 e. The van der Waals surface area contributed by atoms with E-state index >= 15 is 0 Å². The number of carbonyl (C=O) groups is 1. The van der Waals surface area contributed by atoms with Gasteiger partial charge < -0.3 is 15.4 Å². The van der Waals surface area contributed by atoms with Gasteiger partial charge >= 0.3 is 0 Å². The number of hydrogen-bond acceptors (Lipinski definition) is 3. The molecular weight excluding hydrogens is 324 g/mol. The number of halogens is 1. The molecule has 1 fully saturated rings. The van der Waals surface area contributed by atoms with Crippen molar-refractivity contribution >= 4 is 18.3 Å². The van der Waals surface area contributed by atoms with Gasteiger partial charge in [0.15, 0.2) is 6.10 Å². The highest BCUT2D eigenvalue weighted by Gasteiger charge is 2.18. The maximum atomic E-state index is 12.2. The molecule has 0 radical (unpaired) electrons. The second-order valence-electron chi connectivity index (χ2n) is 7.48. The molecule has 1 saturated heterocycles. The lowest BCUT2D eigenvalue weighted by atomic mass is 9.87. The van der Waals surface area contributed by atoms with E-state index in [2.05, 4.69) is 37.5 Å². The molecule has 4 nitrogen and oxygen atoms in total. The quantitative estimate of drug-likeness (QED) is 0.824. The van der Waals surface area contributed by atoms with Gasteiger partial charge in [-0.3, -0.25) is 4.79 Å². The van der Waals surface area contributed by atoms with Gasteiger partial charge in [-0.15, -0.1) is 12.4 Å². The summed E-state index contributed by atoms with van der Waals surface area (Å²) < 4.78 is 5.81. The van der Waals surface area contributed by atoms with Crippen molar-refractivity contribution in [2.45, 2.75) is 52.1 Å². The van der Waals surface area contributed by atoms with Gasteiger partial charge in [-0.1, -0.05) is 32.9 Å². The van der Waals surface area contributed by atoms with Gasteiger partial charge in [-0.25, -0.2) is 0 Å². The van der Waals surface area contributed by atoms with E-state index in [9.17, 15) is 4.79 Å². The summed E-state index contributed by atoms with van der Waals surface area (Å²) in [7, 11) is 0. The molecule has 5 heteroatoms. The number of nitrogens with one attached hydrogen (secondary N) is 2. The molecule has 24 heavy (non-hydrogen) atoms. The monoisotopic (exact) mass is 354 g/mol. The predicted molar refractivity (Wildman–Crippen MR) is 101 cm³/mol. The third kappa shape index (κ3) is 6.33. The number of rotatable bonds is 6. The Bertz CT molecular complexity index is 522. The van der Waals surface area contributed by atoms with Gasteiger partial charge in [0, 0.05) is 6.54 Å². The van der Waals surface area contributed by atoms with E-state index in [4.69, 9.17) is 4.74 Å². The number of benzene rings is 1. The molecule has 1 aromatic rings. The van der Waals surface area contributed by atoms with E-state index in [0.717, 1.165) is 31.8 Å². The maximum Gasteiger partial charge on any atom is 0.260 e. The maximum absolute atomic E-state index is 12.2. The van der Waals surface area contributed by atoms with E-state index < -0.39 is 6.10 Å². The Labute approximate surface area is 152 Å². The van der Waals surface area contributed by atoms with Crippen LogP contribution in [-0.2, 0) is 10.2 Å². The fourth-order valence-electron chi connectivity index (χ4n) is 2.80. The third-order valence-corrected chi connectivity index (χ3v) is 4.40. The van der Waals surface area contributed by atoms with E-state index in [0.29, 0.717) is 5.92 Å². The zero-order chi connectivity index (χ0) is 16.9. The molecule has 1 aliphatic heterocycles. The van der Waals surface area contributed by atoms with Crippen LogP contribution >= 0.6 is 12.4 Å². The van der Waals surface area contributed by atoms with Crippen LogP contribution in [0.2, 0.25) is 0 Å². The Balaban J connectivity index is 0.00000288. The van der Waals surface area contributed by atoms with Crippen LogP contribution in [0.5, 0.6) is 5.75 Å². The molecule has 1 heterocycles. The van der Waals surface area contributed by atoms with Crippen LogP contribution in [0.1, 0.15) is 46.1 Å². The molecule has 2 N–H and O–H groups in total. The number of carbonyl (C=O) groups excluding carboxylic acids is 1. The van der Waals surface area contributed by atoms with Gasteiger partial charge in [0.1, 0.15) is 5.75 Å². The number of amides is 1. The molecule has 1 aliphatic rings. The topological polar surface area (TPSA) is 50.4 Å². The molecule has 0 spiro atoms. The summed E-state index contributed by atoms with van der Waals surface area (Å²) in [6.45, 7) is 11.2. The molecule has 2 rings (SSSR count). The summed E-state index contributed by atoms with van der Waals surface area (Å²) in [5.74, 6) is 1.40. The molecule has 0 aliphatic carbocycles. The highest BCUT2D eigenvalue weighted by Crippen LogP contribution is 2.26. The molecule has 0 saturated carbocycles.